The van der Waals surface area contributed by atoms with E-state index in [0.29, 0.717) is 0 Å². The average molecular weight is 173 g/mol. The normalized spacial score (nSPS) is 8.69. The van der Waals surface area contributed by atoms with E-state index in [0.717, 1.165) is 11.3 Å². The Morgan fingerprint density at radius 2 is 2.08 bits per heavy atom. The number of hydrogen-bond donors (Lipinski definition) is 1. The Labute approximate surface area is 77.6 Å². The first-order chi connectivity index (χ1) is 6.22. The van der Waals surface area contributed by atoms with Crippen molar-refractivity contribution in [3.63, 3.8) is 0 Å². The molecule has 1 N–H and O–H groups in total. The summed E-state index contributed by atoms with van der Waals surface area (Å²) in [5.74, 6) is -0.0630. The number of hydrogen-bond acceptors (Lipinski definition) is 1. The third-order valence-electron chi connectivity index (χ3n) is 1.50. The number of amides is 1. The lowest BCUT2D eigenvalue weighted by atomic mass is 10.2. The first-order valence-corrected chi connectivity index (χ1v) is 3.96. The summed E-state index contributed by atoms with van der Waals surface area (Å²) in [5.41, 5.74) is 4.50. The minimum absolute atomic E-state index is 0.0630. The number of anilines is 1. The van der Waals surface area contributed by atoms with Gasteiger partial charge < -0.3 is 5.32 Å². The van der Waals surface area contributed by atoms with Gasteiger partial charge in [-0.1, -0.05) is 18.7 Å². The van der Waals surface area contributed by atoms with E-state index in [1.165, 1.54) is 6.92 Å². The molecule has 0 fully saturated rings. The van der Waals surface area contributed by atoms with Crippen LogP contribution in [0.1, 0.15) is 12.5 Å². The van der Waals surface area contributed by atoms with Crippen LogP contribution in [-0.2, 0) is 4.79 Å². The Morgan fingerprint density at radius 1 is 1.46 bits per heavy atom. The van der Waals surface area contributed by atoms with Crippen LogP contribution in [0.15, 0.2) is 36.6 Å². The van der Waals surface area contributed by atoms with Gasteiger partial charge >= 0.3 is 0 Å². The quantitative estimate of drug-likeness (QED) is 0.684. The minimum atomic E-state index is -0.0630. The summed E-state index contributed by atoms with van der Waals surface area (Å²) in [5, 5.41) is 2.69. The molecule has 0 aliphatic heterocycles. The van der Waals surface area contributed by atoms with Gasteiger partial charge in [0.25, 0.3) is 0 Å². The zero-order valence-corrected chi connectivity index (χ0v) is 7.50. The van der Waals surface area contributed by atoms with Gasteiger partial charge in [0.2, 0.25) is 5.91 Å². The van der Waals surface area contributed by atoms with E-state index >= 15 is 0 Å². The van der Waals surface area contributed by atoms with E-state index in [4.69, 9.17) is 0 Å². The van der Waals surface area contributed by atoms with Crippen molar-refractivity contribution in [1.82, 2.24) is 0 Å². The van der Waals surface area contributed by atoms with E-state index in [9.17, 15) is 4.79 Å². The monoisotopic (exact) mass is 173 g/mol. The molecule has 66 valence electrons. The number of nitrogens with one attached hydrogen (secondary N) is 1. The molecule has 0 aromatic heterocycles. The molecule has 1 rings (SSSR count). The molecule has 0 saturated heterocycles. The molecule has 13 heavy (non-hydrogen) atoms. The van der Waals surface area contributed by atoms with Gasteiger partial charge in [-0.25, -0.2) is 0 Å². The molecule has 0 bridgehead atoms. The van der Waals surface area contributed by atoms with E-state index in [1.54, 1.807) is 6.08 Å². The maximum Gasteiger partial charge on any atom is 0.221 e. The highest BCUT2D eigenvalue weighted by Crippen LogP contribution is 2.09. The number of benzene rings is 1. The molecule has 0 heterocycles. The van der Waals surface area contributed by atoms with Crippen molar-refractivity contribution in [1.29, 1.82) is 0 Å². The van der Waals surface area contributed by atoms with Crippen LogP contribution in [0.4, 0.5) is 5.69 Å². The lowest BCUT2D eigenvalue weighted by Gasteiger charge is -2.00. The predicted octanol–water partition coefficient (Wildman–Crippen LogP) is 2.44. The van der Waals surface area contributed by atoms with Crippen LogP contribution >= 0.6 is 0 Å². The molecule has 2 heteroatoms. The highest BCUT2D eigenvalue weighted by atomic mass is 16.1. The van der Waals surface area contributed by atoms with E-state index in [-0.39, 0.29) is 5.91 Å². The molecule has 1 aromatic carbocycles. The molecule has 0 spiro atoms. The number of rotatable bonds is 2. The highest BCUT2D eigenvalue weighted by Gasteiger charge is 1.93. The zero-order valence-electron chi connectivity index (χ0n) is 7.50. The molecule has 1 aromatic rings. The predicted molar refractivity (Wildman–Crippen MR) is 54.3 cm³/mol. The molecule has 0 radical (unpaired) electrons. The van der Waals surface area contributed by atoms with Gasteiger partial charge in [-0.2, -0.15) is 0 Å². The Bertz CT molecular complexity index is 345. The summed E-state index contributed by atoms with van der Waals surface area (Å²) >= 11 is 0. The molecular weight excluding hydrogens is 162 g/mol. The SMILES string of the molecule is C=C=Cc1ccc(NC(C)=O)cc1. The minimum Gasteiger partial charge on any atom is -0.326 e. The molecule has 0 unspecified atom stereocenters. The Kier molecular flexibility index (Phi) is 3.07. The lowest BCUT2D eigenvalue weighted by Crippen LogP contribution is -2.05. The van der Waals surface area contributed by atoms with Crippen molar-refractivity contribution in [3.05, 3.63) is 42.1 Å². The van der Waals surface area contributed by atoms with Gasteiger partial charge in [0.15, 0.2) is 0 Å². The Morgan fingerprint density at radius 3 is 2.54 bits per heavy atom. The van der Waals surface area contributed by atoms with Crippen LogP contribution in [0.5, 0.6) is 0 Å². The fraction of sp³-hybridized carbons (Fsp3) is 0.0909. The standard InChI is InChI=1S/C11H11NO/c1-3-4-10-5-7-11(8-6-10)12-9(2)13/h4-8H,1H2,2H3,(H,12,13). The van der Waals surface area contributed by atoms with E-state index < -0.39 is 0 Å². The fourth-order valence-electron chi connectivity index (χ4n) is 0.984. The van der Waals surface area contributed by atoms with Gasteiger partial charge in [0, 0.05) is 12.6 Å². The van der Waals surface area contributed by atoms with Crippen molar-refractivity contribution >= 4 is 17.7 Å². The molecule has 2 nitrogen and oxygen atoms in total. The first-order valence-electron chi connectivity index (χ1n) is 3.96. The summed E-state index contributed by atoms with van der Waals surface area (Å²) in [6, 6.07) is 7.46. The maximum atomic E-state index is 10.7. The van der Waals surface area contributed by atoms with E-state index in [1.807, 2.05) is 24.3 Å². The van der Waals surface area contributed by atoms with Crippen molar-refractivity contribution in [2.45, 2.75) is 6.92 Å². The second-order valence-corrected chi connectivity index (χ2v) is 2.65. The zero-order chi connectivity index (χ0) is 9.68. The van der Waals surface area contributed by atoms with Crippen LogP contribution in [0.25, 0.3) is 6.08 Å². The van der Waals surface area contributed by atoms with Crippen LogP contribution in [0, 0.1) is 0 Å². The van der Waals surface area contributed by atoms with Crippen molar-refractivity contribution in [2.75, 3.05) is 5.32 Å². The van der Waals surface area contributed by atoms with Crippen molar-refractivity contribution < 1.29 is 4.79 Å². The molecule has 0 aliphatic rings. The average Bonchev–Trinajstić information content (AvgIpc) is 2.08. The summed E-state index contributed by atoms with van der Waals surface area (Å²) in [7, 11) is 0. The summed E-state index contributed by atoms with van der Waals surface area (Å²) in [6.07, 6.45) is 1.78. The molecule has 1 amide bonds. The molecule has 0 saturated carbocycles. The van der Waals surface area contributed by atoms with Gasteiger partial charge in [-0.05, 0) is 23.8 Å². The van der Waals surface area contributed by atoms with Crippen LogP contribution < -0.4 is 5.32 Å². The number of carbonyl (C=O) groups excluding carboxylic acids is 1. The van der Waals surface area contributed by atoms with Crippen molar-refractivity contribution in [2.24, 2.45) is 0 Å². The Hall–Kier alpha value is -1.79. The van der Waals surface area contributed by atoms with Gasteiger partial charge in [0.05, 0.1) is 0 Å². The molecule has 0 atom stereocenters. The summed E-state index contributed by atoms with van der Waals surface area (Å²) in [6.45, 7) is 4.96. The first kappa shape index (κ1) is 9.30. The van der Waals surface area contributed by atoms with Gasteiger partial charge in [0.1, 0.15) is 0 Å². The molecule has 0 aliphatic carbocycles. The van der Waals surface area contributed by atoms with Crippen LogP contribution in [-0.4, -0.2) is 5.91 Å². The third kappa shape index (κ3) is 2.97. The van der Waals surface area contributed by atoms with E-state index in [2.05, 4.69) is 17.6 Å². The second-order valence-electron chi connectivity index (χ2n) is 2.65. The smallest absolute Gasteiger partial charge is 0.221 e. The van der Waals surface area contributed by atoms with Gasteiger partial charge in [-0.15, -0.1) is 5.73 Å². The maximum absolute atomic E-state index is 10.7. The Balaban J connectivity index is 2.80. The lowest BCUT2D eigenvalue weighted by molar-refractivity contribution is -0.114. The van der Waals surface area contributed by atoms with Crippen LogP contribution in [0.3, 0.4) is 0 Å². The summed E-state index contributed by atoms with van der Waals surface area (Å²) in [4.78, 5) is 10.7. The topological polar surface area (TPSA) is 29.1 Å². The molecular formula is C11H11NO. The number of carbonyl (C=O) groups is 1. The van der Waals surface area contributed by atoms with Crippen molar-refractivity contribution in [3.8, 4) is 0 Å². The fourth-order valence-corrected chi connectivity index (χ4v) is 0.984. The largest absolute Gasteiger partial charge is 0.326 e. The van der Waals surface area contributed by atoms with Crippen LogP contribution in [0.2, 0.25) is 0 Å². The van der Waals surface area contributed by atoms with Gasteiger partial charge in [-0.3, -0.25) is 4.79 Å². The summed E-state index contributed by atoms with van der Waals surface area (Å²) < 4.78 is 0. The third-order valence-corrected chi connectivity index (χ3v) is 1.50. The highest BCUT2D eigenvalue weighted by molar-refractivity contribution is 5.88. The second kappa shape index (κ2) is 4.29.